The van der Waals surface area contributed by atoms with Crippen LogP contribution in [0.3, 0.4) is 0 Å². The van der Waals surface area contributed by atoms with Crippen LogP contribution in [0, 0.1) is 18.6 Å². The van der Waals surface area contributed by atoms with Crippen molar-refractivity contribution in [1.29, 1.82) is 0 Å². The van der Waals surface area contributed by atoms with Gasteiger partial charge >= 0.3 is 5.97 Å². The van der Waals surface area contributed by atoms with E-state index in [1.807, 2.05) is 0 Å². The first-order chi connectivity index (χ1) is 9.90. The number of hydrogen-bond donors (Lipinski definition) is 2. The molecule has 0 saturated heterocycles. The van der Waals surface area contributed by atoms with Crippen molar-refractivity contribution < 1.29 is 23.5 Å². The van der Waals surface area contributed by atoms with Crippen molar-refractivity contribution >= 4 is 28.4 Å². The van der Waals surface area contributed by atoms with Gasteiger partial charge in [-0.05, 0) is 24.5 Å². The predicted octanol–water partition coefficient (Wildman–Crippen LogP) is 2.61. The maximum Gasteiger partial charge on any atom is 0.340 e. The summed E-state index contributed by atoms with van der Waals surface area (Å²) in [5.41, 5.74) is 0.0680. The Morgan fingerprint density at radius 3 is 2.76 bits per heavy atom. The van der Waals surface area contributed by atoms with Crippen LogP contribution in [0.2, 0.25) is 0 Å². The second kappa shape index (κ2) is 5.96. The van der Waals surface area contributed by atoms with Gasteiger partial charge in [0.15, 0.2) is 11.6 Å². The molecule has 21 heavy (non-hydrogen) atoms. The summed E-state index contributed by atoms with van der Waals surface area (Å²) in [5, 5.41) is 11.5. The number of carbonyl (C=O) groups excluding carboxylic acids is 1. The van der Waals surface area contributed by atoms with Gasteiger partial charge in [-0.2, -0.15) is 4.37 Å². The van der Waals surface area contributed by atoms with Crippen molar-refractivity contribution in [2.45, 2.75) is 13.3 Å². The highest BCUT2D eigenvalue weighted by Gasteiger charge is 2.20. The Morgan fingerprint density at radius 1 is 1.38 bits per heavy atom. The normalized spacial score (nSPS) is 10.4. The summed E-state index contributed by atoms with van der Waals surface area (Å²) < 4.78 is 30.3. The van der Waals surface area contributed by atoms with Gasteiger partial charge in [-0.25, -0.2) is 13.6 Å². The van der Waals surface area contributed by atoms with Gasteiger partial charge in [0.2, 0.25) is 5.91 Å². The molecule has 0 aliphatic rings. The summed E-state index contributed by atoms with van der Waals surface area (Å²) in [5.74, 6) is -3.99. The highest BCUT2D eigenvalue weighted by molar-refractivity contribution is 7.11. The lowest BCUT2D eigenvalue weighted by molar-refractivity contribution is -0.115. The van der Waals surface area contributed by atoms with Gasteiger partial charge in [0.05, 0.1) is 12.1 Å². The predicted molar refractivity (Wildman–Crippen MR) is 72.5 cm³/mol. The van der Waals surface area contributed by atoms with Gasteiger partial charge in [0.25, 0.3) is 0 Å². The molecule has 0 fully saturated rings. The van der Waals surface area contributed by atoms with Gasteiger partial charge in [-0.15, -0.1) is 0 Å². The van der Waals surface area contributed by atoms with Crippen molar-refractivity contribution in [3.05, 3.63) is 46.7 Å². The Hall–Kier alpha value is -2.35. The molecule has 0 aliphatic heterocycles. The van der Waals surface area contributed by atoms with Crippen molar-refractivity contribution in [3.8, 4) is 0 Å². The molecule has 1 amide bonds. The topological polar surface area (TPSA) is 79.3 Å². The minimum Gasteiger partial charge on any atom is -0.478 e. The van der Waals surface area contributed by atoms with Gasteiger partial charge in [-0.1, -0.05) is 12.1 Å². The van der Waals surface area contributed by atoms with Gasteiger partial charge in [0.1, 0.15) is 10.6 Å². The SMILES string of the molecule is Cc1nsc(NC(=O)Cc2cccc(F)c2F)c1C(=O)O. The van der Waals surface area contributed by atoms with Gasteiger partial charge in [-0.3, -0.25) is 4.79 Å². The molecule has 0 unspecified atom stereocenters. The molecule has 1 aromatic heterocycles. The zero-order valence-corrected chi connectivity index (χ0v) is 11.6. The quantitative estimate of drug-likeness (QED) is 0.909. The molecule has 1 heterocycles. The number of nitrogens with one attached hydrogen (secondary N) is 1. The van der Waals surface area contributed by atoms with E-state index in [0.717, 1.165) is 17.6 Å². The number of benzene rings is 1. The molecule has 0 bridgehead atoms. The van der Waals surface area contributed by atoms with E-state index in [9.17, 15) is 18.4 Å². The number of halogens is 2. The molecular weight excluding hydrogens is 302 g/mol. The first kappa shape index (κ1) is 15.0. The number of nitrogens with zero attached hydrogens (tertiary/aromatic N) is 1. The fourth-order valence-electron chi connectivity index (χ4n) is 1.74. The van der Waals surface area contributed by atoms with E-state index in [4.69, 9.17) is 5.11 Å². The van der Waals surface area contributed by atoms with Crippen LogP contribution in [0.4, 0.5) is 13.8 Å². The van der Waals surface area contributed by atoms with E-state index < -0.39 is 29.9 Å². The number of hydrogen-bond acceptors (Lipinski definition) is 4. The molecular formula is C13H10F2N2O3S. The lowest BCUT2D eigenvalue weighted by Gasteiger charge is -2.05. The van der Waals surface area contributed by atoms with E-state index in [-0.39, 0.29) is 21.8 Å². The Morgan fingerprint density at radius 2 is 2.10 bits per heavy atom. The summed E-state index contributed by atoms with van der Waals surface area (Å²) in [6, 6.07) is 3.53. The summed E-state index contributed by atoms with van der Waals surface area (Å²) in [4.78, 5) is 22.9. The number of anilines is 1. The van der Waals surface area contributed by atoms with Crippen LogP contribution in [0.25, 0.3) is 0 Å². The molecule has 0 radical (unpaired) electrons. The first-order valence-corrected chi connectivity index (χ1v) is 6.59. The van der Waals surface area contributed by atoms with Crippen LogP contribution in [-0.2, 0) is 11.2 Å². The molecule has 8 heteroatoms. The van der Waals surface area contributed by atoms with E-state index in [2.05, 4.69) is 9.69 Å². The third-order valence-corrected chi connectivity index (χ3v) is 3.57. The van der Waals surface area contributed by atoms with Crippen molar-refractivity contribution in [2.75, 3.05) is 5.32 Å². The standard InChI is InChI=1S/C13H10F2N2O3S/c1-6-10(13(19)20)12(21-17-6)16-9(18)5-7-3-2-4-8(14)11(7)15/h2-4H,5H2,1H3,(H,16,18)(H,19,20). The number of aromatic nitrogens is 1. The van der Waals surface area contributed by atoms with Crippen LogP contribution in [-0.4, -0.2) is 21.4 Å². The van der Waals surface area contributed by atoms with Crippen LogP contribution < -0.4 is 5.32 Å². The highest BCUT2D eigenvalue weighted by Crippen LogP contribution is 2.24. The molecule has 2 rings (SSSR count). The van der Waals surface area contributed by atoms with Crippen molar-refractivity contribution in [2.24, 2.45) is 0 Å². The number of carboxylic acids is 1. The molecule has 0 aliphatic carbocycles. The Bertz CT molecular complexity index is 715. The zero-order chi connectivity index (χ0) is 15.6. The summed E-state index contributed by atoms with van der Waals surface area (Å²) in [6.45, 7) is 1.50. The highest BCUT2D eigenvalue weighted by atomic mass is 32.1. The summed E-state index contributed by atoms with van der Waals surface area (Å²) in [7, 11) is 0. The number of rotatable bonds is 4. The molecule has 2 aromatic rings. The Balaban J connectivity index is 2.16. The number of carboxylic acid groups (broad SMARTS) is 1. The average molecular weight is 312 g/mol. The Labute approximate surface area is 122 Å². The van der Waals surface area contributed by atoms with Crippen molar-refractivity contribution in [1.82, 2.24) is 4.37 Å². The maximum absolute atomic E-state index is 13.5. The lowest BCUT2D eigenvalue weighted by atomic mass is 10.1. The summed E-state index contributed by atoms with van der Waals surface area (Å²) in [6.07, 6.45) is -0.403. The van der Waals surface area contributed by atoms with Crippen LogP contribution in [0.1, 0.15) is 21.6 Å². The fourth-order valence-corrected chi connectivity index (χ4v) is 2.54. The monoisotopic (exact) mass is 312 g/mol. The second-order valence-electron chi connectivity index (χ2n) is 4.22. The van der Waals surface area contributed by atoms with Crippen LogP contribution in [0.15, 0.2) is 18.2 Å². The Kier molecular flexibility index (Phi) is 4.27. The van der Waals surface area contributed by atoms with Crippen LogP contribution in [0.5, 0.6) is 0 Å². The minimum absolute atomic E-state index is 0.0711. The number of amides is 1. The van der Waals surface area contributed by atoms with E-state index >= 15 is 0 Å². The number of aromatic carboxylic acids is 1. The molecule has 0 saturated carbocycles. The van der Waals surface area contributed by atoms with Gasteiger partial charge < -0.3 is 10.4 Å². The minimum atomic E-state index is -1.21. The molecule has 2 N–H and O–H groups in total. The molecule has 5 nitrogen and oxygen atoms in total. The molecule has 0 atom stereocenters. The molecule has 1 aromatic carbocycles. The number of aryl methyl sites for hydroxylation is 1. The largest absolute Gasteiger partial charge is 0.478 e. The molecule has 110 valence electrons. The van der Waals surface area contributed by atoms with Crippen molar-refractivity contribution in [3.63, 3.8) is 0 Å². The summed E-state index contributed by atoms with van der Waals surface area (Å²) >= 11 is 0.820. The van der Waals surface area contributed by atoms with E-state index in [1.54, 1.807) is 0 Å². The fraction of sp³-hybridized carbons (Fsp3) is 0.154. The smallest absolute Gasteiger partial charge is 0.340 e. The van der Waals surface area contributed by atoms with E-state index in [0.29, 0.717) is 0 Å². The van der Waals surface area contributed by atoms with Gasteiger partial charge in [0, 0.05) is 5.56 Å². The first-order valence-electron chi connectivity index (χ1n) is 5.82. The molecule has 0 spiro atoms. The average Bonchev–Trinajstić information content (AvgIpc) is 2.76. The lowest BCUT2D eigenvalue weighted by Crippen LogP contribution is -2.16. The zero-order valence-electron chi connectivity index (χ0n) is 10.8. The number of carbonyl (C=O) groups is 2. The maximum atomic E-state index is 13.5. The van der Waals surface area contributed by atoms with E-state index in [1.165, 1.54) is 19.1 Å². The second-order valence-corrected chi connectivity index (χ2v) is 4.99. The third kappa shape index (κ3) is 3.22. The third-order valence-electron chi connectivity index (χ3n) is 2.71. The van der Waals surface area contributed by atoms with Crippen LogP contribution >= 0.6 is 11.5 Å².